The van der Waals surface area contributed by atoms with E-state index in [4.69, 9.17) is 11.6 Å². The largest absolute Gasteiger partial charge is 0.506 e. The van der Waals surface area contributed by atoms with Gasteiger partial charge in [-0.15, -0.1) is 22.7 Å². The Labute approximate surface area is 156 Å². The van der Waals surface area contributed by atoms with Gasteiger partial charge in [0.2, 0.25) is 0 Å². The summed E-state index contributed by atoms with van der Waals surface area (Å²) in [6.07, 6.45) is 1.44. The summed E-state index contributed by atoms with van der Waals surface area (Å²) in [4.78, 5) is 13.3. The molecular weight excluding hydrogens is 376 g/mol. The van der Waals surface area contributed by atoms with Crippen LogP contribution in [0.5, 0.6) is 5.75 Å². The zero-order chi connectivity index (χ0) is 17.4. The van der Waals surface area contributed by atoms with Gasteiger partial charge < -0.3 is 5.11 Å². The normalized spacial score (nSPS) is 11.6. The smallest absolute Gasteiger partial charge is 0.283 e. The van der Waals surface area contributed by atoms with E-state index in [0.29, 0.717) is 14.8 Å². The lowest BCUT2D eigenvalue weighted by Gasteiger charge is -1.96. The number of fused-ring (bicyclic) bond motifs is 2. The molecule has 124 valence electrons. The van der Waals surface area contributed by atoms with Crippen LogP contribution in [0, 0.1) is 0 Å². The van der Waals surface area contributed by atoms with Crippen molar-refractivity contribution >= 4 is 66.6 Å². The summed E-state index contributed by atoms with van der Waals surface area (Å²) in [6.45, 7) is 0. The molecule has 4 aromatic rings. The molecule has 0 atom stereocenters. The van der Waals surface area contributed by atoms with Gasteiger partial charge in [-0.2, -0.15) is 5.10 Å². The van der Waals surface area contributed by atoms with E-state index in [-0.39, 0.29) is 11.7 Å². The van der Waals surface area contributed by atoms with E-state index in [0.717, 1.165) is 20.2 Å². The molecule has 4 rings (SSSR count). The molecule has 25 heavy (non-hydrogen) atoms. The van der Waals surface area contributed by atoms with Gasteiger partial charge in [-0.25, -0.2) is 5.43 Å². The van der Waals surface area contributed by atoms with Gasteiger partial charge in [0, 0.05) is 20.2 Å². The van der Waals surface area contributed by atoms with Gasteiger partial charge in [0.05, 0.1) is 16.1 Å². The maximum atomic E-state index is 12.3. The number of aromatic hydroxyl groups is 1. The van der Waals surface area contributed by atoms with E-state index >= 15 is 0 Å². The lowest BCUT2D eigenvalue weighted by molar-refractivity contribution is 0.0959. The zero-order valence-electron chi connectivity index (χ0n) is 12.7. The lowest BCUT2D eigenvalue weighted by atomic mass is 10.2. The van der Waals surface area contributed by atoms with Crippen molar-refractivity contribution in [3.05, 3.63) is 63.3 Å². The van der Waals surface area contributed by atoms with Crippen LogP contribution in [0.3, 0.4) is 0 Å². The summed E-state index contributed by atoms with van der Waals surface area (Å²) in [5.41, 5.74) is 2.47. The molecule has 0 saturated heterocycles. The highest BCUT2D eigenvalue weighted by Crippen LogP contribution is 2.36. The Morgan fingerprint density at radius 3 is 2.36 bits per heavy atom. The van der Waals surface area contributed by atoms with Crippen molar-refractivity contribution in [3.8, 4) is 5.75 Å². The molecule has 4 nitrogen and oxygen atoms in total. The van der Waals surface area contributed by atoms with E-state index in [9.17, 15) is 9.90 Å². The molecule has 0 aliphatic heterocycles. The third-order valence-electron chi connectivity index (χ3n) is 3.68. The Balaban J connectivity index is 1.57. The molecule has 0 radical (unpaired) electrons. The molecule has 2 N–H and O–H groups in total. The average Bonchev–Trinajstić information content (AvgIpc) is 3.14. The number of carbonyl (C=O) groups excluding carboxylic acids is 1. The molecular formula is C18H11ClN2O2S2. The first-order chi connectivity index (χ1) is 12.1. The second-order valence-electron chi connectivity index (χ2n) is 5.25. The number of rotatable bonds is 3. The second kappa shape index (κ2) is 6.48. The molecule has 7 heteroatoms. The van der Waals surface area contributed by atoms with E-state index < -0.39 is 0 Å². The number of hydrogen-bond donors (Lipinski definition) is 2. The second-order valence-corrected chi connectivity index (χ2v) is 7.77. The molecule has 0 bridgehead atoms. The van der Waals surface area contributed by atoms with Crippen LogP contribution in [-0.4, -0.2) is 17.2 Å². The number of amides is 1. The van der Waals surface area contributed by atoms with Gasteiger partial charge >= 0.3 is 0 Å². The molecule has 0 saturated carbocycles. The minimum absolute atomic E-state index is 0.165. The Morgan fingerprint density at radius 1 is 1.04 bits per heavy atom. The number of halogens is 1. The van der Waals surface area contributed by atoms with Crippen LogP contribution in [0.2, 0.25) is 5.02 Å². The number of thiophene rings is 2. The number of nitrogens with zero attached hydrogens (tertiary/aromatic N) is 1. The van der Waals surface area contributed by atoms with Crippen molar-refractivity contribution < 1.29 is 9.90 Å². The average molecular weight is 387 g/mol. The summed E-state index contributed by atoms with van der Waals surface area (Å²) in [6, 6.07) is 15.1. The summed E-state index contributed by atoms with van der Waals surface area (Å²) in [5.74, 6) is -0.207. The van der Waals surface area contributed by atoms with Crippen LogP contribution in [0.15, 0.2) is 53.6 Å². The van der Waals surface area contributed by atoms with Crippen molar-refractivity contribution in [2.24, 2.45) is 5.10 Å². The van der Waals surface area contributed by atoms with Gasteiger partial charge in [0.1, 0.15) is 10.6 Å². The molecule has 2 aromatic heterocycles. The standard InChI is InChI=1S/C18H11ClN2O2S2/c19-15-10-5-1-3-7-12(10)25-17(15)18(23)21-20-9-14-16(22)11-6-2-4-8-13(11)24-14/h1-9,22H,(H,21,23)/b20-9-. The van der Waals surface area contributed by atoms with Gasteiger partial charge in [-0.05, 0) is 18.2 Å². The lowest BCUT2D eigenvalue weighted by Crippen LogP contribution is -2.16. The van der Waals surface area contributed by atoms with E-state index in [1.54, 1.807) is 0 Å². The van der Waals surface area contributed by atoms with Gasteiger partial charge in [-0.3, -0.25) is 4.79 Å². The predicted octanol–water partition coefficient (Wildman–Crippen LogP) is 5.24. The minimum Gasteiger partial charge on any atom is -0.506 e. The SMILES string of the molecule is O=C(N/N=C\c1sc2ccccc2c1O)c1sc2ccccc2c1Cl. The molecule has 0 spiro atoms. The van der Waals surface area contributed by atoms with E-state index in [2.05, 4.69) is 10.5 Å². The van der Waals surface area contributed by atoms with Crippen LogP contribution in [0.4, 0.5) is 0 Å². The summed E-state index contributed by atoms with van der Waals surface area (Å²) in [5, 5.41) is 16.2. The first kappa shape index (κ1) is 16.1. The highest BCUT2D eigenvalue weighted by molar-refractivity contribution is 7.21. The fourth-order valence-electron chi connectivity index (χ4n) is 2.50. The van der Waals surface area contributed by atoms with Crippen LogP contribution in [-0.2, 0) is 0 Å². The van der Waals surface area contributed by atoms with Gasteiger partial charge in [0.15, 0.2) is 0 Å². The van der Waals surface area contributed by atoms with Crippen molar-refractivity contribution in [2.45, 2.75) is 0 Å². The molecule has 2 aromatic carbocycles. The van der Waals surface area contributed by atoms with Crippen molar-refractivity contribution in [3.63, 3.8) is 0 Å². The minimum atomic E-state index is -0.372. The fourth-order valence-corrected chi connectivity index (χ4v) is 4.88. The van der Waals surface area contributed by atoms with Crippen LogP contribution in [0.1, 0.15) is 14.5 Å². The Morgan fingerprint density at radius 2 is 1.68 bits per heavy atom. The topological polar surface area (TPSA) is 61.7 Å². The van der Waals surface area contributed by atoms with Crippen molar-refractivity contribution in [1.82, 2.24) is 5.43 Å². The van der Waals surface area contributed by atoms with Crippen LogP contribution >= 0.6 is 34.3 Å². The van der Waals surface area contributed by atoms with Gasteiger partial charge in [0.25, 0.3) is 5.91 Å². The number of hydrazone groups is 1. The first-order valence-electron chi connectivity index (χ1n) is 7.36. The number of hydrogen-bond acceptors (Lipinski definition) is 5. The van der Waals surface area contributed by atoms with E-state index in [1.165, 1.54) is 28.9 Å². The summed E-state index contributed by atoms with van der Waals surface area (Å²) < 4.78 is 1.91. The molecule has 0 aliphatic rings. The van der Waals surface area contributed by atoms with Crippen LogP contribution in [0.25, 0.3) is 20.2 Å². The van der Waals surface area contributed by atoms with Crippen molar-refractivity contribution in [1.29, 1.82) is 0 Å². The zero-order valence-corrected chi connectivity index (χ0v) is 15.1. The molecule has 1 amide bonds. The third-order valence-corrected chi connectivity index (χ3v) is 6.45. The number of nitrogens with one attached hydrogen (secondary N) is 1. The molecule has 2 heterocycles. The number of carbonyl (C=O) groups is 1. The highest BCUT2D eigenvalue weighted by atomic mass is 35.5. The quantitative estimate of drug-likeness (QED) is 0.373. The molecule has 0 unspecified atom stereocenters. The molecule has 0 fully saturated rings. The Hall–Kier alpha value is -2.41. The maximum Gasteiger partial charge on any atom is 0.283 e. The van der Waals surface area contributed by atoms with Crippen molar-refractivity contribution in [2.75, 3.05) is 0 Å². The third kappa shape index (κ3) is 2.89. The maximum absolute atomic E-state index is 12.3. The first-order valence-corrected chi connectivity index (χ1v) is 9.37. The number of benzene rings is 2. The summed E-state index contributed by atoms with van der Waals surface area (Å²) in [7, 11) is 0. The Bertz CT molecular complexity index is 1130. The monoisotopic (exact) mass is 386 g/mol. The van der Waals surface area contributed by atoms with E-state index in [1.807, 2.05) is 48.5 Å². The highest BCUT2D eigenvalue weighted by Gasteiger charge is 2.16. The van der Waals surface area contributed by atoms with Crippen LogP contribution < -0.4 is 5.43 Å². The predicted molar refractivity (Wildman–Crippen MR) is 105 cm³/mol. The summed E-state index contributed by atoms with van der Waals surface area (Å²) >= 11 is 9.01. The fraction of sp³-hybridized carbons (Fsp3) is 0. The Kier molecular flexibility index (Phi) is 4.17. The van der Waals surface area contributed by atoms with Gasteiger partial charge in [-0.1, -0.05) is 41.9 Å². The molecule has 0 aliphatic carbocycles.